The van der Waals surface area contributed by atoms with Crippen LogP contribution in [0.4, 0.5) is 35.7 Å². The number of aromatic amines is 6. The number of imidazole rings is 6. The second kappa shape index (κ2) is 36.8. The van der Waals surface area contributed by atoms with Gasteiger partial charge in [-0.15, -0.1) is 0 Å². The number of aliphatic hydroxyl groups is 6. The average Bonchev–Trinajstić information content (AvgIpc) is 1.62. The Morgan fingerprint density at radius 3 is 0.754 bits per heavy atom. The number of nitrogens with zero attached hydrogens (tertiary/aromatic N) is 18. The Balaban J connectivity index is 0.000000132. The standard InChI is InChI=1S/C20H24N10O13P2S.2C20H24N10O12P2S2/c21-19-25-13-7(15(33)27-19)23-3-29(13)17-9(31)11-6(41-17)2-39-45(37,46)43-12-5(1-38-44(35,36)42-11)40-18(10(12)32)30-4-24-8-14(30)26-20(22)28-16(8)34;2*21-19-25-13-7(15(33)27-19)23-3-29(13)17-9(31)11-5(39-17)1-37-43(35,45)42-12-6(2-38-44(36,46)41-11)40-18(10(12)32)30-4-24-8-14(30)26-20(22)28-16(8)34/h3-6,9-12,17-18,31-32H,1-2H2,(H,35,36)(H,37,46)(H3,21,25,27,33)(H3,22,26,28,34);2*3-6,9-12,17-18,31-32H,1-2H2,(H,35,45)(H,36,46)(H3,21,25,27,33)(H3,22,26,28,34)/p-3/t5-,6-,9?,10+,11+,12?,17-,18-,45?;2*5-,6-,9+,10?,11?,12+,17-,18-,43?,44?/m111/s1. The van der Waals surface area contributed by atoms with E-state index in [1.165, 1.54) is 30.9 Å². The summed E-state index contributed by atoms with van der Waals surface area (Å²) in [6, 6.07) is 0. The predicted octanol–water partition coefficient (Wildman–Crippen LogP) is -9.39. The lowest BCUT2D eigenvalue weighted by atomic mass is 10.1. The number of fused-ring (bicyclic) bond motifs is 12. The lowest BCUT2D eigenvalue weighted by Gasteiger charge is -2.35. The van der Waals surface area contributed by atoms with E-state index in [-0.39, 0.29) is 103 Å². The third kappa shape index (κ3) is 18.9. The molecular formula is C60H69N30O37P6S5-3. The van der Waals surface area contributed by atoms with E-state index in [1.54, 1.807) is 0 Å². The number of anilines is 6. The summed E-state index contributed by atoms with van der Waals surface area (Å²) in [5.41, 5.74) is 29.0. The van der Waals surface area contributed by atoms with Crippen molar-refractivity contribution in [2.75, 3.05) is 74.0 Å². The molecule has 9 aliphatic rings. The highest BCUT2D eigenvalue weighted by molar-refractivity contribution is 8.32. The average molecular weight is 2150 g/mol. The van der Waals surface area contributed by atoms with E-state index in [2.05, 4.69) is 89.7 Å². The number of hydrogen-bond acceptors (Lipinski definition) is 57. The van der Waals surface area contributed by atoms with Crippen molar-refractivity contribution in [3.63, 3.8) is 0 Å². The van der Waals surface area contributed by atoms with E-state index >= 15 is 0 Å². The molecule has 744 valence electrons. The molecule has 0 bridgehead atoms. The van der Waals surface area contributed by atoms with Gasteiger partial charge in [-0.3, -0.25) is 109 Å². The second-order valence-corrected chi connectivity index (χ2v) is 46.0. The minimum atomic E-state index is -5.06. The first-order valence-corrected chi connectivity index (χ1v) is 53.7. The number of nitrogen functional groups attached to an aromatic ring is 6. The molecule has 9 aliphatic heterocycles. The fourth-order valence-electron chi connectivity index (χ4n) is 16.1. The minimum Gasteiger partial charge on any atom is -0.780 e. The number of ether oxygens (including phenoxy) is 6. The normalized spacial score (nSPS) is 37.1. The summed E-state index contributed by atoms with van der Waals surface area (Å²) >= 11 is 25.6. The van der Waals surface area contributed by atoms with Gasteiger partial charge in [-0.2, -0.15) is 29.9 Å². The summed E-state index contributed by atoms with van der Waals surface area (Å²) in [4.78, 5) is 195. The first-order chi connectivity index (χ1) is 65.1. The van der Waals surface area contributed by atoms with Crippen LogP contribution in [-0.2, 0) is 151 Å². The molecule has 12 aromatic heterocycles. The van der Waals surface area contributed by atoms with Gasteiger partial charge in [0.2, 0.25) is 35.7 Å². The number of phosphoric ester groups is 1. The summed E-state index contributed by atoms with van der Waals surface area (Å²) in [6.07, 6.45) is -28.5. The van der Waals surface area contributed by atoms with Crippen LogP contribution in [-0.4, -0.2) is 312 Å². The molecule has 67 nitrogen and oxygen atoms in total. The Kier molecular flexibility index (Phi) is 26.1. The Morgan fingerprint density at radius 2 is 0.514 bits per heavy atom. The van der Waals surface area contributed by atoms with Crippen LogP contribution >= 0.6 is 41.5 Å². The monoisotopic (exact) mass is 2150 g/mol. The van der Waals surface area contributed by atoms with Crippen LogP contribution in [0.5, 0.6) is 0 Å². The van der Waals surface area contributed by atoms with Crippen LogP contribution in [0, 0.1) is 0 Å². The molecular weight excluding hydrogens is 2080 g/mol. The third-order valence-corrected chi connectivity index (χ3v) is 30.8. The maximum absolute atomic E-state index is 13.4. The highest BCUT2D eigenvalue weighted by Gasteiger charge is 2.58. The molecule has 0 aromatic carbocycles. The molecule has 0 amide bonds. The molecule has 138 heavy (non-hydrogen) atoms. The number of H-pyrrole nitrogens is 6. The van der Waals surface area contributed by atoms with Crippen molar-refractivity contribution < 1.29 is 147 Å². The summed E-state index contributed by atoms with van der Waals surface area (Å²) in [7, 11) is -5.06. The topological polar surface area (TPSA) is 966 Å². The van der Waals surface area contributed by atoms with E-state index in [4.69, 9.17) is 177 Å². The Bertz CT molecular complexity index is 6420. The van der Waals surface area contributed by atoms with E-state index in [0.29, 0.717) is 0 Å². The number of aliphatic hydroxyl groups excluding tert-OH is 6. The molecule has 78 heteroatoms. The van der Waals surface area contributed by atoms with Gasteiger partial charge in [-0.1, -0.05) is 23.6 Å². The molecule has 27 N–H and O–H groups in total. The van der Waals surface area contributed by atoms with Crippen LogP contribution in [0.15, 0.2) is 66.7 Å². The molecule has 0 saturated carbocycles. The first-order valence-electron chi connectivity index (χ1n) is 39.4. The van der Waals surface area contributed by atoms with Gasteiger partial charge in [-0.05, 0) is 23.6 Å². The fraction of sp³-hybridized carbons (Fsp3) is 0.500. The van der Waals surface area contributed by atoms with Crippen molar-refractivity contribution in [1.82, 2.24) is 117 Å². The minimum absolute atomic E-state index is 0.0397. The summed E-state index contributed by atoms with van der Waals surface area (Å²) in [6.45, 7) is -25.9. The first kappa shape index (κ1) is 98.0. The maximum atomic E-state index is 13.4. The molecule has 0 radical (unpaired) electrons. The van der Waals surface area contributed by atoms with E-state index in [0.717, 1.165) is 34.4 Å². The Labute approximate surface area is 784 Å². The zero-order chi connectivity index (χ0) is 98.1. The quantitative estimate of drug-likeness (QED) is 0.0543. The number of hydrogen-bond donors (Lipinski definition) is 21. The van der Waals surface area contributed by atoms with Crippen molar-refractivity contribution in [2.45, 2.75) is 147 Å². The zero-order valence-corrected chi connectivity index (χ0v) is 77.7. The second-order valence-electron chi connectivity index (χ2n) is 30.9. The van der Waals surface area contributed by atoms with E-state index in [1.807, 2.05) is 0 Å². The number of rotatable bonds is 6. The molecule has 30 atom stereocenters. The van der Waals surface area contributed by atoms with Crippen molar-refractivity contribution in [3.8, 4) is 0 Å². The lowest BCUT2D eigenvalue weighted by Crippen LogP contribution is -2.40. The van der Waals surface area contributed by atoms with Crippen LogP contribution in [0.25, 0.3) is 67.0 Å². The lowest BCUT2D eigenvalue weighted by molar-refractivity contribution is -0.219. The number of phosphoric acid groups is 1. The van der Waals surface area contributed by atoms with Gasteiger partial charge >= 0.3 is 21.3 Å². The largest absolute Gasteiger partial charge is 0.780 e. The van der Waals surface area contributed by atoms with Crippen LogP contribution in [0.3, 0.4) is 0 Å². The maximum Gasteiger partial charge on any atom is 0.472 e. The highest BCUT2D eigenvalue weighted by atomic mass is 32.7. The molecule has 21 rings (SSSR count). The van der Waals surface area contributed by atoms with Crippen molar-refractivity contribution >= 4 is 204 Å². The zero-order valence-electron chi connectivity index (χ0n) is 68.3. The number of aromatic nitrogens is 24. The SMILES string of the molecule is Nc1nc2c(ncn2[C@@H]2O[C@@H]3COP(=O)([S-])OC4[C@@H](COP(O)(=S)O[C@@H]3C2O)O[C@@H](n2cnc3c(=O)[nH]c(N)nc32)[C@H]4O)c(=O)[nH]1.Nc1nc2c(ncn2[C@@H]2O[C@@H]3COP([O-])(=S)OC4[C@@H](COP(=O)(O)O[C@@H]3C2O)O[C@@H](n2cnc3c(=O)[nH]c(N)nc32)[C@H]4O)c(=O)[nH]1.Nc1nc2c(ncn2[C@@H]2O[C@@H]3COP([O-])(=S)OC4[C@@H](COP(O)(=S)O[C@@H]3C2O)O[C@@H](n2cnc3c(=O)[nH]c(N)nc32)[C@H]4O)c(=O)[nH]1. The Morgan fingerprint density at radius 1 is 0.319 bits per heavy atom. The molecule has 12 unspecified atom stereocenters. The molecule has 9 saturated heterocycles. The van der Waals surface area contributed by atoms with Crippen LogP contribution in [0.1, 0.15) is 37.4 Å². The van der Waals surface area contributed by atoms with Gasteiger partial charge in [-0.25, -0.2) is 34.5 Å². The van der Waals surface area contributed by atoms with E-state index in [9.17, 15) is 93.0 Å². The molecule has 12 aromatic rings. The van der Waals surface area contributed by atoms with Gasteiger partial charge < -0.3 is 166 Å². The van der Waals surface area contributed by atoms with Crippen molar-refractivity contribution in [2.24, 2.45) is 0 Å². The summed E-state index contributed by atoms with van der Waals surface area (Å²) < 4.78 is 134. The van der Waals surface area contributed by atoms with Gasteiger partial charge in [0.25, 0.3) is 33.4 Å². The van der Waals surface area contributed by atoms with Gasteiger partial charge in [0, 0.05) is 0 Å². The third-order valence-electron chi connectivity index (χ3n) is 22.1. The summed E-state index contributed by atoms with van der Waals surface area (Å²) in [5.74, 6) is -1.43. The summed E-state index contributed by atoms with van der Waals surface area (Å²) in [5, 5.41) is 67.3. The smallest absolute Gasteiger partial charge is 0.472 e. The highest BCUT2D eigenvalue weighted by Crippen LogP contribution is 2.58. The number of nitrogens with two attached hydrogens (primary N) is 6. The Hall–Kier alpha value is -8.85. The van der Waals surface area contributed by atoms with E-state index < -0.39 is 262 Å². The molecule has 21 heterocycles. The van der Waals surface area contributed by atoms with Crippen molar-refractivity contribution in [1.29, 1.82) is 0 Å². The molecule has 0 spiro atoms. The molecule has 9 fully saturated rings. The van der Waals surface area contributed by atoms with Gasteiger partial charge in [0.1, 0.15) is 123 Å². The van der Waals surface area contributed by atoms with Crippen LogP contribution < -0.4 is 77.5 Å². The molecule has 0 aliphatic carbocycles. The predicted molar refractivity (Wildman–Crippen MR) is 466 cm³/mol. The van der Waals surface area contributed by atoms with Crippen LogP contribution in [0.2, 0.25) is 0 Å². The van der Waals surface area contributed by atoms with Crippen molar-refractivity contribution in [3.05, 3.63) is 100 Å². The number of nitrogens with one attached hydrogen (secondary N) is 6. The van der Waals surface area contributed by atoms with Gasteiger partial charge in [0.05, 0.1) is 77.6 Å². The fourth-order valence-corrected chi connectivity index (χ4v) is 24.3. The van der Waals surface area contributed by atoms with Gasteiger partial charge in [0.15, 0.2) is 111 Å².